The zero-order chi connectivity index (χ0) is 25.0. The average molecular weight is 491 g/mol. The van der Waals surface area contributed by atoms with Gasteiger partial charge in [-0.2, -0.15) is 5.26 Å². The van der Waals surface area contributed by atoms with Crippen molar-refractivity contribution in [2.45, 2.75) is 51.2 Å². The van der Waals surface area contributed by atoms with Crippen LogP contribution in [0.3, 0.4) is 0 Å². The number of aromatic nitrogens is 1. The van der Waals surface area contributed by atoms with E-state index in [1.807, 2.05) is 55.6 Å². The fourth-order valence-corrected chi connectivity index (χ4v) is 5.09. The summed E-state index contributed by atoms with van der Waals surface area (Å²) < 4.78 is 5.51. The van der Waals surface area contributed by atoms with E-state index >= 15 is 0 Å². The van der Waals surface area contributed by atoms with Gasteiger partial charge in [-0.05, 0) is 42.0 Å². The number of nitriles is 1. The van der Waals surface area contributed by atoms with Crippen molar-refractivity contribution in [1.29, 1.82) is 5.26 Å². The molecule has 0 aliphatic heterocycles. The first-order valence-corrected chi connectivity index (χ1v) is 12.4. The number of amides is 1. The smallest absolute Gasteiger partial charge is 0.407 e. The summed E-state index contributed by atoms with van der Waals surface area (Å²) in [6.45, 7) is 2.41. The molecule has 0 bridgehead atoms. The summed E-state index contributed by atoms with van der Waals surface area (Å²) in [5, 5.41) is 16.0. The summed E-state index contributed by atoms with van der Waals surface area (Å²) in [7, 11) is 1.82. The zero-order valence-electron chi connectivity index (χ0n) is 20.0. The molecule has 2 unspecified atom stereocenters. The largest absolute Gasteiger partial charge is 0.446 e. The number of hydrogen-bond donors (Lipinski definition) is 2. The van der Waals surface area contributed by atoms with Gasteiger partial charge < -0.3 is 20.2 Å². The molecule has 4 rings (SSSR count). The molecule has 35 heavy (non-hydrogen) atoms. The van der Waals surface area contributed by atoms with E-state index in [0.717, 1.165) is 45.8 Å². The lowest BCUT2D eigenvalue weighted by Gasteiger charge is -2.22. The number of carbonyl (C=O) groups is 2. The summed E-state index contributed by atoms with van der Waals surface area (Å²) in [6, 6.07) is 17.9. The Balaban J connectivity index is 0.000000261. The topological polar surface area (TPSA) is 104 Å². The quantitative estimate of drug-likeness (QED) is 0.440. The van der Waals surface area contributed by atoms with Crippen LogP contribution in [0.15, 0.2) is 54.7 Å². The molecule has 3 aromatic rings. The highest BCUT2D eigenvalue weighted by Gasteiger charge is 2.27. The van der Waals surface area contributed by atoms with E-state index in [1.165, 1.54) is 5.56 Å². The van der Waals surface area contributed by atoms with Crippen LogP contribution in [0, 0.1) is 11.3 Å². The molecule has 1 amide bonds. The Morgan fingerprint density at radius 3 is 2.71 bits per heavy atom. The number of alkyl carbamates (subject to hydrolysis) is 1. The first-order chi connectivity index (χ1) is 17.0. The van der Waals surface area contributed by atoms with E-state index in [0.29, 0.717) is 25.3 Å². The van der Waals surface area contributed by atoms with E-state index in [1.54, 1.807) is 17.5 Å². The Morgan fingerprint density at radius 1 is 1.29 bits per heavy atom. The molecule has 0 radical (unpaired) electrons. The maximum atomic E-state index is 12.0. The fourth-order valence-electron chi connectivity index (χ4n) is 3.87. The van der Waals surface area contributed by atoms with Crippen molar-refractivity contribution in [2.24, 2.45) is 0 Å². The fraction of sp³-hybridized carbons (Fsp3) is 0.333. The number of rotatable bonds is 7. The minimum Gasteiger partial charge on any atom is -0.446 e. The summed E-state index contributed by atoms with van der Waals surface area (Å²) >= 11 is 1.57. The molecule has 2 heterocycles. The van der Waals surface area contributed by atoms with Crippen molar-refractivity contribution in [3.8, 4) is 6.07 Å². The number of carbonyl (C=O) groups excluding carboxylic acids is 2. The third-order valence-electron chi connectivity index (χ3n) is 5.79. The van der Waals surface area contributed by atoms with Crippen molar-refractivity contribution in [3.63, 3.8) is 0 Å². The van der Waals surface area contributed by atoms with E-state index < -0.39 is 6.09 Å². The first-order valence-electron chi connectivity index (χ1n) is 11.6. The normalized spacial score (nSPS) is 14.8. The maximum Gasteiger partial charge on any atom is 0.407 e. The molecule has 2 atom stereocenters. The van der Waals surface area contributed by atoms with Gasteiger partial charge in [-0.3, -0.25) is 4.98 Å². The number of ether oxygens (including phenoxy) is 1. The summed E-state index contributed by atoms with van der Waals surface area (Å²) in [5.41, 5.74) is 3.85. The number of pyridine rings is 1. The zero-order valence-corrected chi connectivity index (χ0v) is 20.8. The predicted octanol–water partition coefficient (Wildman–Crippen LogP) is 5.22. The van der Waals surface area contributed by atoms with Gasteiger partial charge in [0.2, 0.25) is 0 Å². The molecule has 1 aliphatic carbocycles. The Morgan fingerprint density at radius 2 is 2.06 bits per heavy atom. The predicted molar refractivity (Wildman–Crippen MR) is 137 cm³/mol. The van der Waals surface area contributed by atoms with Crippen LogP contribution in [0.5, 0.6) is 0 Å². The van der Waals surface area contributed by atoms with Crippen LogP contribution in [0.4, 0.5) is 9.80 Å². The minimum atomic E-state index is -0.431. The number of thiophene rings is 1. The number of hydrogen-bond acceptors (Lipinski definition) is 7. The van der Waals surface area contributed by atoms with Gasteiger partial charge in [0.15, 0.2) is 0 Å². The van der Waals surface area contributed by atoms with Crippen LogP contribution in [-0.4, -0.2) is 30.5 Å². The maximum absolute atomic E-state index is 12.0. The average Bonchev–Trinajstić information content (AvgIpc) is 3.26. The van der Waals surface area contributed by atoms with Gasteiger partial charge in [-0.15, -0.1) is 11.3 Å². The Hall–Kier alpha value is -3.70. The molecule has 0 saturated heterocycles. The first kappa shape index (κ1) is 25.9. The van der Waals surface area contributed by atoms with Crippen LogP contribution in [0.1, 0.15) is 52.9 Å². The van der Waals surface area contributed by atoms with Gasteiger partial charge in [0.25, 0.3) is 0 Å². The standard InChI is InChI=1S/C17H18N4O2S.C10H12O/c1-19-16-14(9-18)13-6-5-12(8-15(13)24-16)23-17(22)21-10-11-4-2-3-7-20-11;1-9(7-8-11)10-5-3-2-4-6-10/h2-4,7,12,19H,5-6,8,10H2,1H3,(H,21,22);2-6,8-9H,7H2,1H3. The van der Waals surface area contributed by atoms with Crippen LogP contribution >= 0.6 is 11.3 Å². The lowest BCUT2D eigenvalue weighted by Crippen LogP contribution is -2.31. The number of aldehydes is 1. The molecule has 0 spiro atoms. The van der Waals surface area contributed by atoms with Gasteiger partial charge in [-0.1, -0.05) is 43.3 Å². The molecule has 8 heteroatoms. The number of fused-ring (bicyclic) bond motifs is 1. The van der Waals surface area contributed by atoms with E-state index in [-0.39, 0.29) is 6.10 Å². The van der Waals surface area contributed by atoms with Crippen LogP contribution in [0.2, 0.25) is 0 Å². The van der Waals surface area contributed by atoms with Crippen molar-refractivity contribution >= 4 is 28.7 Å². The monoisotopic (exact) mass is 490 g/mol. The third kappa shape index (κ3) is 7.39. The van der Waals surface area contributed by atoms with Gasteiger partial charge in [0.05, 0.1) is 17.8 Å². The third-order valence-corrected chi connectivity index (χ3v) is 7.06. The van der Waals surface area contributed by atoms with Crippen molar-refractivity contribution in [2.75, 3.05) is 12.4 Å². The second-order valence-corrected chi connectivity index (χ2v) is 9.33. The highest BCUT2D eigenvalue weighted by Crippen LogP contribution is 2.38. The van der Waals surface area contributed by atoms with Gasteiger partial charge in [-0.25, -0.2) is 4.79 Å². The lowest BCUT2D eigenvalue weighted by atomic mass is 9.94. The van der Waals surface area contributed by atoms with Crippen LogP contribution < -0.4 is 10.6 Å². The molecule has 0 saturated carbocycles. The molecule has 2 aromatic heterocycles. The van der Waals surface area contributed by atoms with Crippen molar-refractivity contribution in [1.82, 2.24) is 10.3 Å². The molecule has 1 aliphatic rings. The van der Waals surface area contributed by atoms with Crippen LogP contribution in [-0.2, 0) is 28.9 Å². The Kier molecular flexibility index (Phi) is 9.81. The van der Waals surface area contributed by atoms with E-state index in [2.05, 4.69) is 28.6 Å². The molecular formula is C27H30N4O3S. The Bertz CT molecular complexity index is 1140. The number of anilines is 1. The molecule has 0 fully saturated rings. The highest BCUT2D eigenvalue weighted by molar-refractivity contribution is 7.16. The molecule has 7 nitrogen and oxygen atoms in total. The molecule has 2 N–H and O–H groups in total. The van der Waals surface area contributed by atoms with E-state index in [4.69, 9.17) is 4.74 Å². The van der Waals surface area contributed by atoms with Crippen molar-refractivity contribution in [3.05, 3.63) is 82.0 Å². The SMILES string of the molecule is CC(CC=O)c1ccccc1.CNc1sc2c(c1C#N)CCC(OC(=O)NCc1ccccn1)C2. The second-order valence-electron chi connectivity index (χ2n) is 8.23. The minimum absolute atomic E-state index is 0.156. The summed E-state index contributed by atoms with van der Waals surface area (Å²) in [6.07, 6.45) is 4.84. The number of benzene rings is 1. The van der Waals surface area contributed by atoms with E-state index in [9.17, 15) is 14.9 Å². The number of nitrogens with one attached hydrogen (secondary N) is 2. The van der Waals surface area contributed by atoms with Gasteiger partial charge >= 0.3 is 6.09 Å². The molecule has 182 valence electrons. The van der Waals surface area contributed by atoms with Crippen LogP contribution in [0.25, 0.3) is 0 Å². The lowest BCUT2D eigenvalue weighted by molar-refractivity contribution is -0.108. The van der Waals surface area contributed by atoms with Gasteiger partial charge in [0.1, 0.15) is 23.5 Å². The summed E-state index contributed by atoms with van der Waals surface area (Å²) in [5.74, 6) is 0.355. The van der Waals surface area contributed by atoms with Crippen molar-refractivity contribution < 1.29 is 14.3 Å². The number of nitrogens with zero attached hydrogens (tertiary/aromatic N) is 2. The Labute approximate surface area is 210 Å². The molecular weight excluding hydrogens is 460 g/mol. The summed E-state index contributed by atoms with van der Waals surface area (Å²) in [4.78, 5) is 27.4. The second kappa shape index (κ2) is 13.3. The van der Waals surface area contributed by atoms with Gasteiger partial charge in [0, 0.05) is 31.0 Å². The molecule has 1 aromatic carbocycles. The highest BCUT2D eigenvalue weighted by atomic mass is 32.1.